The van der Waals surface area contributed by atoms with Gasteiger partial charge in [0.2, 0.25) is 0 Å². The molecule has 0 amide bonds. The Kier molecular flexibility index (Phi) is 3.50. The molecule has 0 aliphatic carbocycles. The summed E-state index contributed by atoms with van der Waals surface area (Å²) in [5.74, 6) is -0.400. The van der Waals surface area contributed by atoms with E-state index in [0.29, 0.717) is 28.3 Å². The van der Waals surface area contributed by atoms with E-state index in [1.165, 1.54) is 16.8 Å². The lowest BCUT2D eigenvalue weighted by molar-refractivity contribution is 0.111. The molecule has 0 saturated heterocycles. The van der Waals surface area contributed by atoms with E-state index in [2.05, 4.69) is 10.3 Å². The van der Waals surface area contributed by atoms with Crippen molar-refractivity contribution in [1.29, 1.82) is 0 Å². The standard InChI is InChI=1S/C15H9ClFN3O/c16-11-4-2-6-13(8-11)20-15(14(9-21)18-19-20)10-3-1-5-12(17)7-10/h1-9H. The van der Waals surface area contributed by atoms with Gasteiger partial charge in [-0.3, -0.25) is 4.79 Å². The predicted octanol–water partition coefficient (Wildman–Crippen LogP) is 3.54. The number of nitrogens with zero attached hydrogens (tertiary/aromatic N) is 3. The molecule has 0 atom stereocenters. The molecule has 0 aliphatic heterocycles. The second kappa shape index (κ2) is 5.46. The van der Waals surface area contributed by atoms with Crippen molar-refractivity contribution in [3.05, 3.63) is 65.1 Å². The lowest BCUT2D eigenvalue weighted by atomic mass is 10.1. The fourth-order valence-corrected chi connectivity index (χ4v) is 2.25. The molecule has 4 nitrogen and oxygen atoms in total. The number of halogens is 2. The number of aromatic nitrogens is 3. The number of rotatable bonds is 3. The van der Waals surface area contributed by atoms with Crippen LogP contribution in [0.2, 0.25) is 5.02 Å². The average Bonchev–Trinajstić information content (AvgIpc) is 2.91. The summed E-state index contributed by atoms with van der Waals surface area (Å²) in [5.41, 5.74) is 1.72. The Hall–Kier alpha value is -2.53. The van der Waals surface area contributed by atoms with Gasteiger partial charge in [0.25, 0.3) is 0 Å². The smallest absolute Gasteiger partial charge is 0.172 e. The van der Waals surface area contributed by atoms with Gasteiger partial charge in [-0.15, -0.1) is 5.10 Å². The largest absolute Gasteiger partial charge is 0.296 e. The van der Waals surface area contributed by atoms with Crippen LogP contribution < -0.4 is 0 Å². The van der Waals surface area contributed by atoms with Gasteiger partial charge in [-0.2, -0.15) is 0 Å². The Morgan fingerprint density at radius 2 is 1.95 bits per heavy atom. The molecule has 0 aliphatic rings. The fraction of sp³-hybridized carbons (Fsp3) is 0. The van der Waals surface area contributed by atoms with Crippen molar-refractivity contribution in [2.24, 2.45) is 0 Å². The van der Waals surface area contributed by atoms with Crippen molar-refractivity contribution in [2.75, 3.05) is 0 Å². The molecule has 3 rings (SSSR count). The highest BCUT2D eigenvalue weighted by atomic mass is 35.5. The molecule has 1 heterocycles. The van der Waals surface area contributed by atoms with E-state index in [0.717, 1.165) is 0 Å². The minimum absolute atomic E-state index is 0.139. The zero-order valence-electron chi connectivity index (χ0n) is 10.7. The molecule has 0 bridgehead atoms. The first kappa shape index (κ1) is 13.5. The fourth-order valence-electron chi connectivity index (χ4n) is 2.07. The molecule has 0 saturated carbocycles. The Balaban J connectivity index is 2.24. The van der Waals surface area contributed by atoms with Gasteiger partial charge in [-0.1, -0.05) is 35.0 Å². The van der Waals surface area contributed by atoms with Crippen LogP contribution in [0, 0.1) is 5.82 Å². The minimum Gasteiger partial charge on any atom is -0.296 e. The Morgan fingerprint density at radius 1 is 1.14 bits per heavy atom. The molecule has 1 aromatic heterocycles. The van der Waals surface area contributed by atoms with Crippen molar-refractivity contribution in [3.8, 4) is 16.9 Å². The van der Waals surface area contributed by atoms with E-state index >= 15 is 0 Å². The van der Waals surface area contributed by atoms with Crippen LogP contribution >= 0.6 is 11.6 Å². The minimum atomic E-state index is -0.400. The molecule has 2 aromatic carbocycles. The van der Waals surface area contributed by atoms with Crippen LogP contribution in [0.3, 0.4) is 0 Å². The van der Waals surface area contributed by atoms with Gasteiger partial charge in [0, 0.05) is 10.6 Å². The first-order valence-electron chi connectivity index (χ1n) is 6.12. The highest BCUT2D eigenvalue weighted by molar-refractivity contribution is 6.30. The number of hydrogen-bond acceptors (Lipinski definition) is 3. The summed E-state index contributed by atoms with van der Waals surface area (Å²) in [5, 5.41) is 8.31. The monoisotopic (exact) mass is 301 g/mol. The molecule has 6 heteroatoms. The van der Waals surface area contributed by atoms with Crippen LogP contribution in [0.4, 0.5) is 4.39 Å². The van der Waals surface area contributed by atoms with Crippen molar-refractivity contribution in [3.63, 3.8) is 0 Å². The summed E-state index contributed by atoms with van der Waals surface area (Å²) >= 11 is 5.97. The second-order valence-corrected chi connectivity index (χ2v) is 4.78. The molecule has 104 valence electrons. The summed E-state index contributed by atoms with van der Waals surface area (Å²) in [7, 11) is 0. The normalized spacial score (nSPS) is 10.6. The first-order valence-corrected chi connectivity index (χ1v) is 6.49. The predicted molar refractivity (Wildman–Crippen MR) is 77.2 cm³/mol. The van der Waals surface area contributed by atoms with E-state index < -0.39 is 5.82 Å². The summed E-state index contributed by atoms with van der Waals surface area (Å²) in [6.07, 6.45) is 0.592. The molecule has 0 radical (unpaired) electrons. The molecule has 3 aromatic rings. The molecule has 0 unspecified atom stereocenters. The maximum atomic E-state index is 13.4. The van der Waals surface area contributed by atoms with E-state index in [1.54, 1.807) is 36.4 Å². The lowest BCUT2D eigenvalue weighted by Crippen LogP contribution is -2.00. The van der Waals surface area contributed by atoms with E-state index in [1.807, 2.05) is 0 Å². The topological polar surface area (TPSA) is 47.8 Å². The van der Waals surface area contributed by atoms with Gasteiger partial charge in [-0.25, -0.2) is 9.07 Å². The van der Waals surface area contributed by atoms with Gasteiger partial charge in [0.05, 0.1) is 5.69 Å². The molecule has 0 fully saturated rings. The maximum absolute atomic E-state index is 13.4. The average molecular weight is 302 g/mol. The Morgan fingerprint density at radius 3 is 2.67 bits per heavy atom. The second-order valence-electron chi connectivity index (χ2n) is 4.34. The van der Waals surface area contributed by atoms with Gasteiger partial charge < -0.3 is 0 Å². The van der Waals surface area contributed by atoms with Crippen molar-refractivity contribution < 1.29 is 9.18 Å². The molecule has 21 heavy (non-hydrogen) atoms. The number of aldehydes is 1. The zero-order valence-corrected chi connectivity index (χ0v) is 11.5. The molecular weight excluding hydrogens is 293 g/mol. The summed E-state index contributed by atoms with van der Waals surface area (Å²) in [6.45, 7) is 0. The summed E-state index contributed by atoms with van der Waals surface area (Å²) in [6, 6.07) is 12.9. The quantitative estimate of drug-likeness (QED) is 0.695. The van der Waals surface area contributed by atoms with Crippen molar-refractivity contribution in [1.82, 2.24) is 15.0 Å². The zero-order chi connectivity index (χ0) is 14.8. The van der Waals surface area contributed by atoms with Gasteiger partial charge >= 0.3 is 0 Å². The molecule has 0 N–H and O–H groups in total. The van der Waals surface area contributed by atoms with Crippen LogP contribution in [0.5, 0.6) is 0 Å². The number of hydrogen-bond donors (Lipinski definition) is 0. The maximum Gasteiger partial charge on any atom is 0.172 e. The van der Waals surface area contributed by atoms with Crippen LogP contribution in [-0.2, 0) is 0 Å². The van der Waals surface area contributed by atoms with Crippen LogP contribution in [0.15, 0.2) is 48.5 Å². The third-order valence-corrected chi connectivity index (χ3v) is 3.19. The SMILES string of the molecule is O=Cc1nnn(-c2cccc(Cl)c2)c1-c1cccc(F)c1. The van der Waals surface area contributed by atoms with Crippen LogP contribution in [-0.4, -0.2) is 21.3 Å². The van der Waals surface area contributed by atoms with Crippen LogP contribution in [0.1, 0.15) is 10.5 Å². The number of carbonyl (C=O) groups is 1. The Labute approximate surface area is 124 Å². The van der Waals surface area contributed by atoms with Gasteiger partial charge in [0.15, 0.2) is 12.0 Å². The number of carbonyl (C=O) groups excluding carboxylic acids is 1. The van der Waals surface area contributed by atoms with Gasteiger partial charge in [-0.05, 0) is 30.3 Å². The van der Waals surface area contributed by atoms with Crippen molar-refractivity contribution in [2.45, 2.75) is 0 Å². The van der Waals surface area contributed by atoms with E-state index in [4.69, 9.17) is 11.6 Å². The summed E-state index contributed by atoms with van der Waals surface area (Å²) in [4.78, 5) is 11.2. The summed E-state index contributed by atoms with van der Waals surface area (Å²) < 4.78 is 14.9. The Bertz CT molecular complexity index is 816. The van der Waals surface area contributed by atoms with E-state index in [9.17, 15) is 9.18 Å². The third-order valence-electron chi connectivity index (χ3n) is 2.96. The van der Waals surface area contributed by atoms with E-state index in [-0.39, 0.29) is 5.69 Å². The first-order chi connectivity index (χ1) is 10.2. The molecule has 0 spiro atoms. The number of benzene rings is 2. The van der Waals surface area contributed by atoms with Gasteiger partial charge in [0.1, 0.15) is 11.5 Å². The highest BCUT2D eigenvalue weighted by Crippen LogP contribution is 2.26. The molecular formula is C15H9ClFN3O. The lowest BCUT2D eigenvalue weighted by Gasteiger charge is -2.07. The van der Waals surface area contributed by atoms with Crippen LogP contribution in [0.25, 0.3) is 16.9 Å². The third kappa shape index (κ3) is 2.55. The van der Waals surface area contributed by atoms with Crippen molar-refractivity contribution >= 4 is 17.9 Å². The highest BCUT2D eigenvalue weighted by Gasteiger charge is 2.16.